The van der Waals surface area contributed by atoms with Crippen molar-refractivity contribution in [1.82, 2.24) is 0 Å². The first-order valence-corrected chi connectivity index (χ1v) is 6.95. The molecule has 0 heterocycles. The molecule has 0 atom stereocenters. The van der Waals surface area contributed by atoms with Crippen molar-refractivity contribution in [2.75, 3.05) is 5.32 Å². The van der Waals surface area contributed by atoms with Crippen molar-refractivity contribution in [3.63, 3.8) is 0 Å². The molecule has 104 valence electrons. The van der Waals surface area contributed by atoms with Crippen LogP contribution in [0.15, 0.2) is 42.5 Å². The van der Waals surface area contributed by atoms with Gasteiger partial charge < -0.3 is 5.32 Å². The van der Waals surface area contributed by atoms with Crippen LogP contribution in [0.3, 0.4) is 0 Å². The first-order valence-electron chi connectivity index (χ1n) is 6.95. The second-order valence-corrected chi connectivity index (χ2v) is 5.90. The SMILES string of the molecule is CC(C)(C#N)C(=O)Nc1ccc2c(c1)Cc1ccccc1-2. The van der Waals surface area contributed by atoms with E-state index in [-0.39, 0.29) is 5.91 Å². The van der Waals surface area contributed by atoms with E-state index in [9.17, 15) is 4.79 Å². The van der Waals surface area contributed by atoms with Crippen molar-refractivity contribution in [3.05, 3.63) is 53.6 Å². The molecule has 0 aliphatic heterocycles. The van der Waals surface area contributed by atoms with E-state index in [1.54, 1.807) is 13.8 Å². The van der Waals surface area contributed by atoms with Crippen molar-refractivity contribution in [2.24, 2.45) is 5.41 Å². The van der Waals surface area contributed by atoms with Gasteiger partial charge in [0.15, 0.2) is 0 Å². The fourth-order valence-electron chi connectivity index (χ4n) is 2.56. The summed E-state index contributed by atoms with van der Waals surface area (Å²) in [7, 11) is 0. The minimum absolute atomic E-state index is 0.277. The molecule has 1 aliphatic rings. The van der Waals surface area contributed by atoms with Crippen molar-refractivity contribution >= 4 is 11.6 Å². The topological polar surface area (TPSA) is 52.9 Å². The van der Waals surface area contributed by atoms with E-state index in [4.69, 9.17) is 5.26 Å². The third kappa shape index (κ3) is 2.30. The van der Waals surface area contributed by atoms with E-state index in [1.807, 2.05) is 36.4 Å². The number of nitriles is 1. The number of hydrogen-bond acceptors (Lipinski definition) is 2. The van der Waals surface area contributed by atoms with Crippen LogP contribution in [0.2, 0.25) is 0 Å². The minimum atomic E-state index is -1.03. The molecule has 0 saturated carbocycles. The number of carbonyl (C=O) groups is 1. The van der Waals surface area contributed by atoms with Crippen LogP contribution in [0.1, 0.15) is 25.0 Å². The smallest absolute Gasteiger partial charge is 0.244 e. The first kappa shape index (κ1) is 13.4. The summed E-state index contributed by atoms with van der Waals surface area (Å²) in [6, 6.07) is 16.3. The molecule has 0 aromatic heterocycles. The zero-order chi connectivity index (χ0) is 15.0. The molecular formula is C18H16N2O. The van der Waals surface area contributed by atoms with Gasteiger partial charge >= 0.3 is 0 Å². The molecule has 2 aromatic rings. The van der Waals surface area contributed by atoms with Crippen molar-refractivity contribution < 1.29 is 4.79 Å². The van der Waals surface area contributed by atoms with Crippen LogP contribution in [0.4, 0.5) is 5.69 Å². The third-order valence-corrected chi connectivity index (χ3v) is 3.90. The monoisotopic (exact) mass is 276 g/mol. The average molecular weight is 276 g/mol. The number of anilines is 1. The van der Waals surface area contributed by atoms with Gasteiger partial charge in [0.2, 0.25) is 5.91 Å². The Labute approximate surface area is 124 Å². The van der Waals surface area contributed by atoms with E-state index >= 15 is 0 Å². The number of nitrogens with one attached hydrogen (secondary N) is 1. The number of fused-ring (bicyclic) bond motifs is 3. The predicted molar refractivity (Wildman–Crippen MR) is 82.7 cm³/mol. The highest BCUT2D eigenvalue weighted by molar-refractivity contribution is 5.97. The van der Waals surface area contributed by atoms with Crippen LogP contribution in [0, 0.1) is 16.7 Å². The van der Waals surface area contributed by atoms with Gasteiger partial charge in [0.1, 0.15) is 5.41 Å². The standard InChI is InChI=1S/C18H16N2O/c1-18(2,11-19)17(21)20-14-7-8-16-13(10-14)9-12-5-3-4-6-15(12)16/h3-8,10H,9H2,1-2H3,(H,20,21). The molecule has 0 fully saturated rings. The van der Waals surface area contributed by atoms with Crippen LogP contribution in [0.5, 0.6) is 0 Å². The number of amides is 1. The Morgan fingerprint density at radius 3 is 2.62 bits per heavy atom. The summed E-state index contributed by atoms with van der Waals surface area (Å²) in [5, 5.41) is 11.8. The number of carbonyl (C=O) groups excluding carboxylic acids is 1. The van der Waals surface area contributed by atoms with Crippen molar-refractivity contribution in [1.29, 1.82) is 5.26 Å². The zero-order valence-corrected chi connectivity index (χ0v) is 12.1. The molecular weight excluding hydrogens is 260 g/mol. The summed E-state index contributed by atoms with van der Waals surface area (Å²) in [5.74, 6) is -0.277. The Morgan fingerprint density at radius 1 is 1.14 bits per heavy atom. The van der Waals surface area contributed by atoms with Crippen molar-refractivity contribution in [3.8, 4) is 17.2 Å². The van der Waals surface area contributed by atoms with Crippen LogP contribution in [-0.4, -0.2) is 5.91 Å². The zero-order valence-electron chi connectivity index (χ0n) is 12.1. The van der Waals surface area contributed by atoms with E-state index < -0.39 is 5.41 Å². The highest BCUT2D eigenvalue weighted by Crippen LogP contribution is 2.37. The minimum Gasteiger partial charge on any atom is -0.325 e. The average Bonchev–Trinajstić information content (AvgIpc) is 2.84. The first-order chi connectivity index (χ1) is 10.0. The molecule has 1 amide bonds. The van der Waals surface area contributed by atoms with E-state index in [0.717, 1.165) is 12.1 Å². The Balaban J connectivity index is 1.88. The maximum absolute atomic E-state index is 12.1. The van der Waals surface area contributed by atoms with Gasteiger partial charge in [0, 0.05) is 5.69 Å². The highest BCUT2D eigenvalue weighted by atomic mass is 16.2. The molecule has 0 bridgehead atoms. The molecule has 21 heavy (non-hydrogen) atoms. The Hall–Kier alpha value is -2.60. The molecule has 0 saturated heterocycles. The predicted octanol–water partition coefficient (Wildman–Crippen LogP) is 3.75. The summed E-state index contributed by atoms with van der Waals surface area (Å²) in [4.78, 5) is 12.1. The van der Waals surface area contributed by atoms with Gasteiger partial charge in [-0.25, -0.2) is 0 Å². The molecule has 1 N–H and O–H groups in total. The third-order valence-electron chi connectivity index (χ3n) is 3.90. The van der Waals surface area contributed by atoms with Gasteiger partial charge in [-0.3, -0.25) is 4.79 Å². The quantitative estimate of drug-likeness (QED) is 0.775. The molecule has 3 heteroatoms. The molecule has 0 spiro atoms. The Kier molecular flexibility index (Phi) is 3.03. The molecule has 3 nitrogen and oxygen atoms in total. The maximum atomic E-state index is 12.1. The van der Waals surface area contributed by atoms with Gasteiger partial charge in [0.05, 0.1) is 6.07 Å². The lowest BCUT2D eigenvalue weighted by atomic mass is 9.94. The molecule has 0 radical (unpaired) electrons. The van der Waals surface area contributed by atoms with Crippen LogP contribution < -0.4 is 5.32 Å². The van der Waals surface area contributed by atoms with Crippen molar-refractivity contribution in [2.45, 2.75) is 20.3 Å². The number of rotatable bonds is 2. The lowest BCUT2D eigenvalue weighted by molar-refractivity contribution is -0.121. The fourth-order valence-corrected chi connectivity index (χ4v) is 2.56. The fraction of sp³-hybridized carbons (Fsp3) is 0.222. The highest BCUT2D eigenvalue weighted by Gasteiger charge is 2.27. The summed E-state index contributed by atoms with van der Waals surface area (Å²) < 4.78 is 0. The maximum Gasteiger partial charge on any atom is 0.244 e. The van der Waals surface area contributed by atoms with Crippen LogP contribution >= 0.6 is 0 Å². The lowest BCUT2D eigenvalue weighted by Crippen LogP contribution is -2.29. The second-order valence-electron chi connectivity index (χ2n) is 5.90. The number of benzene rings is 2. The van der Waals surface area contributed by atoms with E-state index in [1.165, 1.54) is 22.3 Å². The largest absolute Gasteiger partial charge is 0.325 e. The normalized spacial score (nSPS) is 12.2. The number of nitrogens with zero attached hydrogens (tertiary/aromatic N) is 1. The number of hydrogen-bond donors (Lipinski definition) is 1. The summed E-state index contributed by atoms with van der Waals surface area (Å²) >= 11 is 0. The molecule has 0 unspecified atom stereocenters. The van der Waals surface area contributed by atoms with Gasteiger partial charge in [-0.1, -0.05) is 30.3 Å². The molecule has 2 aromatic carbocycles. The van der Waals surface area contributed by atoms with Gasteiger partial charge in [-0.05, 0) is 54.7 Å². The molecule has 3 rings (SSSR count). The Morgan fingerprint density at radius 2 is 1.86 bits per heavy atom. The van der Waals surface area contributed by atoms with Gasteiger partial charge in [-0.2, -0.15) is 5.26 Å². The Bertz CT molecular complexity index is 769. The summed E-state index contributed by atoms with van der Waals surface area (Å²) in [6.45, 7) is 3.23. The van der Waals surface area contributed by atoms with Gasteiger partial charge in [-0.15, -0.1) is 0 Å². The lowest BCUT2D eigenvalue weighted by Gasteiger charge is -2.15. The van der Waals surface area contributed by atoms with E-state index in [2.05, 4.69) is 17.4 Å². The molecule has 1 aliphatic carbocycles. The van der Waals surface area contributed by atoms with Crippen LogP contribution in [-0.2, 0) is 11.2 Å². The summed E-state index contributed by atoms with van der Waals surface area (Å²) in [6.07, 6.45) is 0.886. The van der Waals surface area contributed by atoms with E-state index in [0.29, 0.717) is 0 Å². The van der Waals surface area contributed by atoms with Gasteiger partial charge in [0.25, 0.3) is 0 Å². The second kappa shape index (κ2) is 4.75. The summed E-state index contributed by atoms with van der Waals surface area (Å²) in [5.41, 5.74) is 4.74. The van der Waals surface area contributed by atoms with Crippen LogP contribution in [0.25, 0.3) is 11.1 Å².